The van der Waals surface area contributed by atoms with Gasteiger partial charge in [-0.2, -0.15) is 0 Å². The minimum atomic E-state index is 0.558. The maximum absolute atomic E-state index is 4.24. The van der Waals surface area contributed by atoms with Gasteiger partial charge >= 0.3 is 0 Å². The van der Waals surface area contributed by atoms with Gasteiger partial charge in [-0.25, -0.2) is 4.98 Å². The summed E-state index contributed by atoms with van der Waals surface area (Å²) in [5, 5.41) is 5.57. The van der Waals surface area contributed by atoms with Gasteiger partial charge in [-0.15, -0.1) is 11.3 Å². The van der Waals surface area contributed by atoms with Crippen molar-refractivity contribution in [2.24, 2.45) is 0 Å². The molecule has 1 heterocycles. The van der Waals surface area contributed by atoms with E-state index in [0.717, 1.165) is 18.7 Å². The zero-order valence-corrected chi connectivity index (χ0v) is 10.6. The summed E-state index contributed by atoms with van der Waals surface area (Å²) in [5.41, 5.74) is 4.43. The molecule has 0 saturated carbocycles. The summed E-state index contributed by atoms with van der Waals surface area (Å²) in [6, 6.07) is 0.558. The van der Waals surface area contributed by atoms with Crippen LogP contribution in [0.3, 0.4) is 0 Å². The molecule has 2 nitrogen and oxygen atoms in total. The van der Waals surface area contributed by atoms with Gasteiger partial charge in [-0.3, -0.25) is 0 Å². The van der Waals surface area contributed by atoms with Gasteiger partial charge in [-0.05, 0) is 33.6 Å². The van der Waals surface area contributed by atoms with Gasteiger partial charge in [0.15, 0.2) is 0 Å². The third-order valence-corrected chi connectivity index (χ3v) is 2.90. The summed E-state index contributed by atoms with van der Waals surface area (Å²) in [7, 11) is 0. The van der Waals surface area contributed by atoms with Crippen molar-refractivity contribution >= 4 is 11.3 Å². The highest BCUT2D eigenvalue weighted by molar-refractivity contribution is 7.07. The van der Waals surface area contributed by atoms with Crippen LogP contribution in [0.25, 0.3) is 0 Å². The Hall–Kier alpha value is -0.670. The molecule has 3 heteroatoms. The van der Waals surface area contributed by atoms with Crippen LogP contribution in [-0.2, 0) is 6.54 Å². The van der Waals surface area contributed by atoms with E-state index in [1.54, 1.807) is 11.3 Å². The lowest BCUT2D eigenvalue weighted by Crippen LogP contribution is -2.25. The highest BCUT2D eigenvalue weighted by atomic mass is 32.1. The molecule has 0 aliphatic carbocycles. The molecular formula is C12H20N2S. The van der Waals surface area contributed by atoms with E-state index in [1.807, 2.05) is 5.51 Å². The van der Waals surface area contributed by atoms with Crippen molar-refractivity contribution < 1.29 is 0 Å². The summed E-state index contributed by atoms with van der Waals surface area (Å²) in [5.74, 6) is 0. The second-order valence-corrected chi connectivity index (χ2v) is 4.84. The first-order valence-corrected chi connectivity index (χ1v) is 6.36. The molecule has 84 valence electrons. The van der Waals surface area contributed by atoms with Crippen LogP contribution < -0.4 is 5.32 Å². The fraction of sp³-hybridized carbons (Fsp3) is 0.583. The van der Waals surface area contributed by atoms with Crippen LogP contribution in [0, 0.1) is 0 Å². The molecule has 0 radical (unpaired) electrons. The van der Waals surface area contributed by atoms with Crippen molar-refractivity contribution in [3.05, 3.63) is 28.2 Å². The van der Waals surface area contributed by atoms with Crippen LogP contribution in [-0.4, -0.2) is 11.0 Å². The molecule has 0 spiro atoms. The minimum Gasteiger partial charge on any atom is -0.309 e. The highest BCUT2D eigenvalue weighted by Gasteiger charge is 2.01. The maximum Gasteiger partial charge on any atom is 0.0795 e. The number of allylic oxidation sites excluding steroid dienone is 2. The monoisotopic (exact) mass is 224 g/mol. The maximum atomic E-state index is 4.24. The van der Waals surface area contributed by atoms with E-state index in [-0.39, 0.29) is 0 Å². The molecule has 1 unspecified atom stereocenters. The second-order valence-electron chi connectivity index (χ2n) is 4.12. The molecular weight excluding hydrogens is 204 g/mol. The lowest BCUT2D eigenvalue weighted by Gasteiger charge is -2.11. The van der Waals surface area contributed by atoms with Crippen molar-refractivity contribution in [1.29, 1.82) is 0 Å². The number of rotatable bonds is 6. The normalized spacial score (nSPS) is 12.5. The van der Waals surface area contributed by atoms with E-state index >= 15 is 0 Å². The average molecular weight is 224 g/mol. The molecule has 0 fully saturated rings. The number of aromatic nitrogens is 1. The Balaban J connectivity index is 2.14. The fourth-order valence-corrected chi connectivity index (χ4v) is 1.89. The Morgan fingerprint density at radius 2 is 2.40 bits per heavy atom. The number of hydrogen-bond acceptors (Lipinski definition) is 3. The zero-order chi connectivity index (χ0) is 11.1. The summed E-state index contributed by atoms with van der Waals surface area (Å²) < 4.78 is 0. The number of hydrogen-bond donors (Lipinski definition) is 1. The molecule has 1 atom stereocenters. The Labute approximate surface area is 96.4 Å². The van der Waals surface area contributed by atoms with Crippen LogP contribution in [0.5, 0.6) is 0 Å². The largest absolute Gasteiger partial charge is 0.309 e. The minimum absolute atomic E-state index is 0.558. The first-order chi connectivity index (χ1) is 7.18. The molecule has 1 aromatic heterocycles. The van der Waals surface area contributed by atoms with Crippen molar-refractivity contribution in [1.82, 2.24) is 10.3 Å². The Kier molecular flexibility index (Phi) is 5.58. The molecule has 1 N–H and O–H groups in total. The van der Waals surface area contributed by atoms with Crippen molar-refractivity contribution in [2.75, 3.05) is 0 Å². The number of thiazole rings is 1. The average Bonchev–Trinajstić information content (AvgIpc) is 2.66. The molecule has 1 rings (SSSR count). The van der Waals surface area contributed by atoms with E-state index in [4.69, 9.17) is 0 Å². The third kappa shape index (κ3) is 5.70. The van der Waals surface area contributed by atoms with E-state index in [0.29, 0.717) is 6.04 Å². The quantitative estimate of drug-likeness (QED) is 0.749. The number of nitrogens with one attached hydrogen (secondary N) is 1. The van der Waals surface area contributed by atoms with Crippen LogP contribution in [0.4, 0.5) is 0 Å². The number of nitrogens with zero attached hydrogens (tertiary/aromatic N) is 1. The van der Waals surface area contributed by atoms with Gasteiger partial charge in [0, 0.05) is 18.0 Å². The lowest BCUT2D eigenvalue weighted by molar-refractivity contribution is 0.514. The van der Waals surface area contributed by atoms with Crippen LogP contribution >= 0.6 is 11.3 Å². The Bertz CT molecular complexity index is 287. The molecule has 0 aliphatic heterocycles. The summed E-state index contributed by atoms with van der Waals surface area (Å²) in [6.45, 7) is 7.41. The van der Waals surface area contributed by atoms with Gasteiger partial charge in [0.25, 0.3) is 0 Å². The van der Waals surface area contributed by atoms with E-state index in [9.17, 15) is 0 Å². The molecule has 0 bridgehead atoms. The smallest absolute Gasteiger partial charge is 0.0795 e. The zero-order valence-electron chi connectivity index (χ0n) is 9.79. The summed E-state index contributed by atoms with van der Waals surface area (Å²) in [4.78, 5) is 4.24. The van der Waals surface area contributed by atoms with Crippen molar-refractivity contribution in [3.8, 4) is 0 Å². The van der Waals surface area contributed by atoms with Crippen molar-refractivity contribution in [3.63, 3.8) is 0 Å². The second kappa shape index (κ2) is 6.75. The van der Waals surface area contributed by atoms with Crippen LogP contribution in [0.1, 0.15) is 39.3 Å². The predicted octanol–water partition coefficient (Wildman–Crippen LogP) is 3.37. The predicted molar refractivity (Wildman–Crippen MR) is 67.1 cm³/mol. The Morgan fingerprint density at radius 3 is 3.00 bits per heavy atom. The van der Waals surface area contributed by atoms with Gasteiger partial charge in [-0.1, -0.05) is 11.6 Å². The third-order valence-electron chi connectivity index (χ3n) is 2.27. The molecule has 0 amide bonds. The van der Waals surface area contributed by atoms with Gasteiger partial charge < -0.3 is 5.32 Å². The fourth-order valence-electron chi connectivity index (χ4n) is 1.33. The molecule has 15 heavy (non-hydrogen) atoms. The molecule has 1 aromatic rings. The van der Waals surface area contributed by atoms with E-state index in [2.05, 4.69) is 42.5 Å². The summed E-state index contributed by atoms with van der Waals surface area (Å²) >= 11 is 1.65. The van der Waals surface area contributed by atoms with Gasteiger partial charge in [0.1, 0.15) is 0 Å². The van der Waals surface area contributed by atoms with Crippen LogP contribution in [0.15, 0.2) is 22.5 Å². The molecule has 0 saturated heterocycles. The first kappa shape index (κ1) is 12.4. The first-order valence-electron chi connectivity index (χ1n) is 5.42. The van der Waals surface area contributed by atoms with Crippen LogP contribution in [0.2, 0.25) is 0 Å². The van der Waals surface area contributed by atoms with E-state index < -0.39 is 0 Å². The van der Waals surface area contributed by atoms with Gasteiger partial charge in [0.05, 0.1) is 11.2 Å². The van der Waals surface area contributed by atoms with Gasteiger partial charge in [0.2, 0.25) is 0 Å². The van der Waals surface area contributed by atoms with E-state index in [1.165, 1.54) is 12.0 Å². The lowest BCUT2D eigenvalue weighted by atomic mass is 10.1. The topological polar surface area (TPSA) is 24.9 Å². The Morgan fingerprint density at radius 1 is 1.60 bits per heavy atom. The van der Waals surface area contributed by atoms with Crippen molar-refractivity contribution in [2.45, 2.75) is 46.2 Å². The summed E-state index contributed by atoms with van der Waals surface area (Å²) in [6.07, 6.45) is 4.64. The molecule has 0 aromatic carbocycles. The highest BCUT2D eigenvalue weighted by Crippen LogP contribution is 2.04. The SMILES string of the molecule is CC(C)=CCCC(C)NCc1cscn1. The molecule has 0 aliphatic rings. The standard InChI is InChI=1S/C12H20N2S/c1-10(2)5-4-6-11(3)13-7-12-8-15-9-14-12/h5,8-9,11,13H,4,6-7H2,1-3H3.